The molecule has 3 heterocycles. The van der Waals surface area contributed by atoms with Gasteiger partial charge in [-0.1, -0.05) is 71.7 Å². The van der Waals surface area contributed by atoms with Crippen molar-refractivity contribution in [2.45, 2.75) is 6.67 Å². The topological polar surface area (TPSA) is 43.3 Å². The van der Waals surface area contributed by atoms with Crippen LogP contribution in [0, 0.1) is 31.0 Å². The van der Waals surface area contributed by atoms with Gasteiger partial charge in [-0.2, -0.15) is 0 Å². The van der Waals surface area contributed by atoms with Gasteiger partial charge in [0, 0.05) is 105 Å². The summed E-state index contributed by atoms with van der Waals surface area (Å²) in [6, 6.07) is 36.6. The van der Waals surface area contributed by atoms with E-state index in [1.165, 1.54) is 43.6 Å². The van der Waals surface area contributed by atoms with Gasteiger partial charge in [0.05, 0.1) is 0 Å². The summed E-state index contributed by atoms with van der Waals surface area (Å²) in [5.74, 6) is 4.87. The Labute approximate surface area is 318 Å². The zero-order chi connectivity index (χ0) is 32.9. The van der Waals surface area contributed by atoms with E-state index < -0.39 is 0 Å². The number of fused-ring (bicyclic) bond motifs is 7. The minimum atomic E-state index is 0. The number of hydrogen-bond donors (Lipinski definition) is 0. The maximum absolute atomic E-state index is 7.18. The second-order valence-corrected chi connectivity index (χ2v) is 11.2. The van der Waals surface area contributed by atoms with Gasteiger partial charge in [-0.05, 0) is 37.0 Å². The van der Waals surface area contributed by atoms with E-state index in [1.807, 2.05) is 101 Å². The molecule has 0 aliphatic heterocycles. The first kappa shape index (κ1) is 37.1. The number of benzene rings is 5. The molecule has 8 rings (SSSR count). The zero-order valence-corrected chi connectivity index (χ0v) is 31.7. The largest absolute Gasteiger partial charge is 0.525 e. The van der Waals surface area contributed by atoms with Gasteiger partial charge in [0.15, 0.2) is 0 Å². The van der Waals surface area contributed by atoms with Crippen LogP contribution in [0.3, 0.4) is 0 Å². The predicted octanol–water partition coefficient (Wildman–Crippen LogP) is 7.79. The van der Waals surface area contributed by atoms with Crippen molar-refractivity contribution in [3.63, 3.8) is 0 Å². The maximum Gasteiger partial charge on any atom is 0.0488 e. The van der Waals surface area contributed by atoms with Crippen LogP contribution in [0.2, 0.25) is 0 Å². The molecule has 0 spiro atoms. The standard InChI is InChI=1S/2C15H10N.C11H12N4.2Au/c2*1-3-11-8-9-15-13(10-11)12-6-4-5-7-14(12)16(15)2;1-12-7-14(2)9-15-8-13-10-5-3-4-6-11(10)15;;/h2*4-10H,2H3;3-6H,9H2,1-2H3;;/q2*-1;-2;;. The Morgan fingerprint density at radius 2 is 1.12 bits per heavy atom. The van der Waals surface area contributed by atoms with E-state index in [0.29, 0.717) is 6.67 Å². The van der Waals surface area contributed by atoms with Crippen LogP contribution in [0.25, 0.3) is 54.6 Å². The Kier molecular flexibility index (Phi) is 12.5. The number of para-hydroxylation sites is 4. The molecule has 0 amide bonds. The molecule has 3 aromatic heterocycles. The van der Waals surface area contributed by atoms with Crippen molar-refractivity contribution in [3.05, 3.63) is 139 Å². The third-order valence-electron chi connectivity index (χ3n) is 8.20. The molecule has 5 aromatic carbocycles. The molecule has 6 nitrogen and oxygen atoms in total. The fourth-order valence-corrected chi connectivity index (χ4v) is 5.97. The molecule has 0 N–H and O–H groups in total. The average Bonchev–Trinajstić information content (AvgIpc) is 3.75. The van der Waals surface area contributed by atoms with Crippen LogP contribution in [-0.2, 0) is 65.5 Å². The van der Waals surface area contributed by atoms with Crippen LogP contribution in [0.1, 0.15) is 11.1 Å². The van der Waals surface area contributed by atoms with E-state index in [4.69, 9.17) is 12.8 Å². The molecule has 0 aliphatic carbocycles. The van der Waals surface area contributed by atoms with E-state index in [1.54, 1.807) is 7.05 Å². The smallest absolute Gasteiger partial charge is 0.0488 e. The van der Waals surface area contributed by atoms with Gasteiger partial charge in [-0.15, -0.1) is 47.5 Å². The van der Waals surface area contributed by atoms with Crippen LogP contribution < -0.4 is 0 Å². The van der Waals surface area contributed by atoms with Gasteiger partial charge >= 0.3 is 0 Å². The Morgan fingerprint density at radius 3 is 1.61 bits per heavy atom. The zero-order valence-electron chi connectivity index (χ0n) is 27.4. The summed E-state index contributed by atoms with van der Waals surface area (Å²) in [6.45, 7) is 0.651. The van der Waals surface area contributed by atoms with Gasteiger partial charge in [0.1, 0.15) is 0 Å². The molecular weight excluding hydrogens is 970 g/mol. The van der Waals surface area contributed by atoms with Crippen LogP contribution in [0.5, 0.6) is 0 Å². The van der Waals surface area contributed by atoms with E-state index in [0.717, 1.165) is 22.2 Å². The molecule has 0 bridgehead atoms. The summed E-state index contributed by atoms with van der Waals surface area (Å²) in [7, 11) is 7.75. The van der Waals surface area contributed by atoms with E-state index in [-0.39, 0.29) is 44.8 Å². The number of aromatic nitrogens is 4. The second kappa shape index (κ2) is 16.6. The number of hydrogen-bond acceptors (Lipinski definition) is 2. The molecule has 8 aromatic rings. The normalized spacial score (nSPS) is 10.5. The molecular formula is C41H32Au2N6-4. The Balaban J connectivity index is 0.000000162. The third kappa shape index (κ3) is 7.62. The molecule has 0 unspecified atom stereocenters. The Morgan fingerprint density at radius 1 is 0.673 bits per heavy atom. The summed E-state index contributed by atoms with van der Waals surface area (Å²) >= 11 is 0. The molecule has 252 valence electrons. The summed E-state index contributed by atoms with van der Waals surface area (Å²) in [4.78, 5) is 9.86. The minimum Gasteiger partial charge on any atom is -0.525 e. The van der Waals surface area contributed by atoms with Crippen molar-refractivity contribution in [1.29, 1.82) is 0 Å². The van der Waals surface area contributed by atoms with Gasteiger partial charge in [0.25, 0.3) is 0 Å². The molecule has 0 aliphatic rings. The summed E-state index contributed by atoms with van der Waals surface area (Å²) < 4.78 is 6.30. The number of imidazole rings is 1. The quantitative estimate of drug-likeness (QED) is 0.0454. The van der Waals surface area contributed by atoms with Crippen LogP contribution in [0.15, 0.2) is 114 Å². The number of aryl methyl sites for hydroxylation is 2. The third-order valence-corrected chi connectivity index (χ3v) is 8.20. The molecule has 49 heavy (non-hydrogen) atoms. The van der Waals surface area contributed by atoms with Crippen molar-refractivity contribution in [3.8, 4) is 11.8 Å². The SMILES string of the molecule is CN=[C-]N(C)Cn1[c-]nc2ccccc21.[Au].[Au].[C-]#Cc1ccc2c(c1)c1ccccc1n2C.[C-]#Cc1ccc2c(c1)c1ccccc1n2C. The Hall–Kier alpha value is -4.76. The van der Waals surface area contributed by atoms with Crippen LogP contribution in [-0.4, -0.2) is 44.0 Å². The summed E-state index contributed by atoms with van der Waals surface area (Å²) in [6.07, 6.45) is 20.1. The van der Waals surface area contributed by atoms with Crippen molar-refractivity contribution >= 4 is 61.0 Å². The molecule has 2 radical (unpaired) electrons. The van der Waals surface area contributed by atoms with Gasteiger partial charge in [-0.25, -0.2) is 0 Å². The van der Waals surface area contributed by atoms with E-state index >= 15 is 0 Å². The van der Waals surface area contributed by atoms with Crippen molar-refractivity contribution in [2.24, 2.45) is 19.1 Å². The minimum absolute atomic E-state index is 0. The monoisotopic (exact) mass is 1000 g/mol. The van der Waals surface area contributed by atoms with Crippen molar-refractivity contribution in [2.75, 3.05) is 14.1 Å². The van der Waals surface area contributed by atoms with Crippen molar-refractivity contribution < 1.29 is 44.8 Å². The fraction of sp³-hybridized carbons (Fsp3) is 0.122. The summed E-state index contributed by atoms with van der Waals surface area (Å²) in [5.41, 5.74) is 8.51. The van der Waals surface area contributed by atoms with Crippen LogP contribution in [0.4, 0.5) is 0 Å². The van der Waals surface area contributed by atoms with Crippen LogP contribution >= 0.6 is 0 Å². The molecule has 0 fully saturated rings. The first-order chi connectivity index (χ1) is 22.9. The predicted molar refractivity (Wildman–Crippen MR) is 193 cm³/mol. The van der Waals surface area contributed by atoms with Gasteiger partial charge < -0.3 is 41.4 Å². The number of nitrogens with zero attached hydrogens (tertiary/aromatic N) is 6. The molecule has 0 saturated heterocycles. The Bertz CT molecular complexity index is 2360. The van der Waals surface area contributed by atoms with Crippen molar-refractivity contribution in [1.82, 2.24) is 23.6 Å². The molecule has 0 saturated carbocycles. The first-order valence-electron chi connectivity index (χ1n) is 15.1. The van der Waals surface area contributed by atoms with Gasteiger partial charge in [0.2, 0.25) is 0 Å². The molecule has 8 heteroatoms. The van der Waals surface area contributed by atoms with E-state index in [2.05, 4.69) is 82.0 Å². The number of rotatable bonds is 3. The average molecular weight is 1000 g/mol. The first-order valence-corrected chi connectivity index (χ1v) is 15.1. The maximum atomic E-state index is 7.18. The van der Waals surface area contributed by atoms with Gasteiger partial charge in [-0.3, -0.25) is 18.2 Å². The number of aliphatic imine (C=N–C) groups is 1. The second-order valence-electron chi connectivity index (χ2n) is 11.2. The van der Waals surface area contributed by atoms with E-state index in [9.17, 15) is 0 Å². The summed E-state index contributed by atoms with van der Waals surface area (Å²) in [5, 5.41) is 4.85. The molecule has 0 atom stereocenters. The fourth-order valence-electron chi connectivity index (χ4n) is 5.97.